The first-order valence-corrected chi connectivity index (χ1v) is 8.00. The molecule has 1 unspecified atom stereocenters. The minimum Gasteiger partial charge on any atom is -0.302 e. The van der Waals surface area contributed by atoms with E-state index in [1.807, 2.05) is 26.2 Å². The van der Waals surface area contributed by atoms with Crippen molar-refractivity contribution < 1.29 is 0 Å². The van der Waals surface area contributed by atoms with Crippen molar-refractivity contribution in [1.82, 2.24) is 24.8 Å². The summed E-state index contributed by atoms with van der Waals surface area (Å²) in [6.45, 7) is 7.24. The largest absolute Gasteiger partial charge is 0.302 e. The highest BCUT2D eigenvalue weighted by Gasteiger charge is 2.22. The van der Waals surface area contributed by atoms with Crippen LogP contribution in [0.15, 0.2) is 24.7 Å². The van der Waals surface area contributed by atoms with E-state index in [2.05, 4.69) is 30.9 Å². The lowest BCUT2D eigenvalue weighted by atomic mass is 9.94. The highest BCUT2D eigenvalue weighted by atomic mass is 15.1. The quantitative estimate of drug-likeness (QED) is 0.867. The topological polar surface area (TPSA) is 54.8 Å². The van der Waals surface area contributed by atoms with Crippen molar-refractivity contribution in [2.45, 2.75) is 39.0 Å². The first-order valence-electron chi connectivity index (χ1n) is 8.00. The Bertz CT molecular complexity index is 628. The number of nitrogens with zero attached hydrogens (tertiary/aromatic N) is 5. The number of aromatic nitrogens is 4. The third kappa shape index (κ3) is 3.85. The van der Waals surface area contributed by atoms with Gasteiger partial charge in [0.05, 0.1) is 11.4 Å². The van der Waals surface area contributed by atoms with Crippen LogP contribution in [0.25, 0.3) is 0 Å². The van der Waals surface area contributed by atoms with Crippen molar-refractivity contribution in [3.63, 3.8) is 0 Å². The average molecular weight is 297 g/mol. The molecule has 5 nitrogen and oxygen atoms in total. The molecular formula is C17H23N5. The Balaban J connectivity index is 1.59. The molecule has 0 bridgehead atoms. The van der Waals surface area contributed by atoms with E-state index in [4.69, 9.17) is 0 Å². The molecule has 116 valence electrons. The minimum absolute atomic E-state index is 0.527. The molecule has 0 N–H and O–H groups in total. The number of rotatable bonds is 4. The van der Waals surface area contributed by atoms with Gasteiger partial charge >= 0.3 is 0 Å². The molecule has 22 heavy (non-hydrogen) atoms. The molecule has 2 aromatic rings. The van der Waals surface area contributed by atoms with E-state index in [0.717, 1.165) is 36.7 Å². The van der Waals surface area contributed by atoms with Crippen LogP contribution in [0.3, 0.4) is 0 Å². The summed E-state index contributed by atoms with van der Waals surface area (Å²) in [5, 5.41) is 0. The molecule has 1 saturated heterocycles. The molecule has 1 fully saturated rings. The molecule has 1 atom stereocenters. The molecule has 0 saturated carbocycles. The number of aryl methyl sites for hydroxylation is 2. The van der Waals surface area contributed by atoms with Crippen LogP contribution >= 0.6 is 0 Å². The van der Waals surface area contributed by atoms with Crippen LogP contribution in [0, 0.1) is 13.8 Å². The normalized spacial score (nSPS) is 19.3. The maximum Gasteiger partial charge on any atom is 0.125 e. The monoisotopic (exact) mass is 297 g/mol. The third-order valence-corrected chi connectivity index (χ3v) is 4.21. The molecule has 0 spiro atoms. The summed E-state index contributed by atoms with van der Waals surface area (Å²) in [5.41, 5.74) is 3.26. The summed E-state index contributed by atoms with van der Waals surface area (Å²) in [5.74, 6) is 1.39. The zero-order valence-electron chi connectivity index (χ0n) is 13.4. The highest BCUT2D eigenvalue weighted by Crippen LogP contribution is 2.25. The zero-order chi connectivity index (χ0) is 15.4. The van der Waals surface area contributed by atoms with Crippen molar-refractivity contribution in [3.8, 4) is 0 Å². The molecule has 0 radical (unpaired) electrons. The molecule has 0 aliphatic carbocycles. The Morgan fingerprint density at radius 1 is 1.23 bits per heavy atom. The molecule has 2 aromatic heterocycles. The Morgan fingerprint density at radius 3 is 2.95 bits per heavy atom. The van der Waals surface area contributed by atoms with Crippen LogP contribution in [0.4, 0.5) is 0 Å². The Morgan fingerprint density at radius 2 is 2.14 bits per heavy atom. The highest BCUT2D eigenvalue weighted by molar-refractivity contribution is 5.10. The average Bonchev–Trinajstić information content (AvgIpc) is 2.53. The van der Waals surface area contributed by atoms with Gasteiger partial charge in [-0.2, -0.15) is 0 Å². The maximum absolute atomic E-state index is 4.60. The molecule has 1 aliphatic heterocycles. The van der Waals surface area contributed by atoms with Gasteiger partial charge in [-0.05, 0) is 39.3 Å². The maximum atomic E-state index is 4.60. The Hall–Kier alpha value is -1.88. The van der Waals surface area contributed by atoms with Crippen molar-refractivity contribution in [1.29, 1.82) is 0 Å². The van der Waals surface area contributed by atoms with E-state index in [-0.39, 0.29) is 0 Å². The van der Waals surface area contributed by atoms with Crippen LogP contribution in [-0.4, -0.2) is 44.5 Å². The molecular weight excluding hydrogens is 274 g/mol. The minimum atomic E-state index is 0.527. The molecule has 1 aliphatic rings. The van der Waals surface area contributed by atoms with Crippen LogP contribution in [-0.2, 0) is 6.42 Å². The van der Waals surface area contributed by atoms with Gasteiger partial charge in [-0.25, -0.2) is 9.97 Å². The van der Waals surface area contributed by atoms with E-state index in [9.17, 15) is 0 Å². The second kappa shape index (κ2) is 6.92. The predicted octanol–water partition coefficient (Wildman–Crippen LogP) is 2.31. The van der Waals surface area contributed by atoms with E-state index >= 15 is 0 Å². The third-order valence-electron chi connectivity index (χ3n) is 4.21. The Kier molecular flexibility index (Phi) is 4.73. The first kappa shape index (κ1) is 15.0. The summed E-state index contributed by atoms with van der Waals surface area (Å²) >= 11 is 0. The van der Waals surface area contributed by atoms with Gasteiger partial charge in [-0.3, -0.25) is 9.97 Å². The SMILES string of the molecule is Cc1cncc(CCN2CCCC(c3ccnc(C)n3)C2)n1. The molecule has 3 heterocycles. The van der Waals surface area contributed by atoms with Crippen LogP contribution < -0.4 is 0 Å². The van der Waals surface area contributed by atoms with Crippen LogP contribution in [0.5, 0.6) is 0 Å². The van der Waals surface area contributed by atoms with Gasteiger partial charge in [-0.1, -0.05) is 0 Å². The summed E-state index contributed by atoms with van der Waals surface area (Å²) in [6, 6.07) is 2.06. The number of likely N-dealkylation sites (tertiary alicyclic amines) is 1. The fraction of sp³-hybridized carbons (Fsp3) is 0.529. The van der Waals surface area contributed by atoms with Crippen molar-refractivity contribution >= 4 is 0 Å². The summed E-state index contributed by atoms with van der Waals surface area (Å²) < 4.78 is 0. The number of hydrogen-bond acceptors (Lipinski definition) is 5. The molecule has 0 amide bonds. The smallest absolute Gasteiger partial charge is 0.125 e. The van der Waals surface area contributed by atoms with Gasteiger partial charge < -0.3 is 4.90 Å². The summed E-state index contributed by atoms with van der Waals surface area (Å²) in [6.07, 6.45) is 8.97. The van der Waals surface area contributed by atoms with Gasteiger partial charge in [0.25, 0.3) is 0 Å². The van der Waals surface area contributed by atoms with Gasteiger partial charge in [-0.15, -0.1) is 0 Å². The predicted molar refractivity (Wildman–Crippen MR) is 85.7 cm³/mol. The molecule has 3 rings (SSSR count). The van der Waals surface area contributed by atoms with Crippen molar-refractivity contribution in [3.05, 3.63) is 47.6 Å². The second-order valence-electron chi connectivity index (χ2n) is 6.07. The van der Waals surface area contributed by atoms with E-state index in [1.165, 1.54) is 25.1 Å². The standard InChI is InChI=1S/C17H23N5/c1-13-10-18-11-16(20-13)6-9-22-8-3-4-15(12-22)17-5-7-19-14(2)21-17/h5,7,10-11,15H,3-4,6,8-9,12H2,1-2H3. The fourth-order valence-corrected chi connectivity index (χ4v) is 3.11. The summed E-state index contributed by atoms with van der Waals surface area (Å²) in [4.78, 5) is 20.1. The molecule has 0 aromatic carbocycles. The fourth-order valence-electron chi connectivity index (χ4n) is 3.11. The van der Waals surface area contributed by atoms with Gasteiger partial charge in [0.2, 0.25) is 0 Å². The van der Waals surface area contributed by atoms with Gasteiger partial charge in [0, 0.05) is 49.7 Å². The lowest BCUT2D eigenvalue weighted by Gasteiger charge is -2.32. The van der Waals surface area contributed by atoms with E-state index < -0.39 is 0 Å². The number of hydrogen-bond donors (Lipinski definition) is 0. The van der Waals surface area contributed by atoms with Gasteiger partial charge in [0.1, 0.15) is 5.82 Å². The van der Waals surface area contributed by atoms with Crippen LogP contribution in [0.1, 0.15) is 41.7 Å². The van der Waals surface area contributed by atoms with Crippen molar-refractivity contribution in [2.24, 2.45) is 0 Å². The zero-order valence-corrected chi connectivity index (χ0v) is 13.4. The summed E-state index contributed by atoms with van der Waals surface area (Å²) in [7, 11) is 0. The number of piperidine rings is 1. The Labute approximate surface area is 131 Å². The molecule has 5 heteroatoms. The van der Waals surface area contributed by atoms with Gasteiger partial charge in [0.15, 0.2) is 0 Å². The van der Waals surface area contributed by atoms with Crippen molar-refractivity contribution in [2.75, 3.05) is 19.6 Å². The lowest BCUT2D eigenvalue weighted by Crippen LogP contribution is -2.36. The van der Waals surface area contributed by atoms with E-state index in [1.54, 1.807) is 6.20 Å². The lowest BCUT2D eigenvalue weighted by molar-refractivity contribution is 0.207. The second-order valence-corrected chi connectivity index (χ2v) is 6.07. The van der Waals surface area contributed by atoms with Crippen LogP contribution in [0.2, 0.25) is 0 Å². The van der Waals surface area contributed by atoms with E-state index in [0.29, 0.717) is 5.92 Å². The first-order chi connectivity index (χ1) is 10.7.